The van der Waals surface area contributed by atoms with Gasteiger partial charge in [-0.3, -0.25) is 9.48 Å². The second-order valence-corrected chi connectivity index (χ2v) is 5.87. The third-order valence-electron chi connectivity index (χ3n) is 4.36. The molecule has 0 bridgehead atoms. The van der Waals surface area contributed by atoms with Crippen molar-refractivity contribution in [2.45, 2.75) is 31.8 Å². The Bertz CT molecular complexity index is 665. The van der Waals surface area contributed by atoms with E-state index in [0.717, 1.165) is 25.8 Å². The molecule has 1 aliphatic rings. The van der Waals surface area contributed by atoms with Crippen LogP contribution in [0.2, 0.25) is 0 Å². The maximum Gasteiger partial charge on any atom is 0.254 e. The molecule has 1 atom stereocenters. The van der Waals surface area contributed by atoms with Crippen LogP contribution in [0, 0.1) is 0 Å². The van der Waals surface area contributed by atoms with Crippen molar-refractivity contribution in [2.75, 3.05) is 20.8 Å². The number of amides is 1. The molecule has 0 spiro atoms. The van der Waals surface area contributed by atoms with E-state index in [1.807, 2.05) is 11.1 Å². The number of hydrogen-bond acceptors (Lipinski definition) is 5. The van der Waals surface area contributed by atoms with Gasteiger partial charge in [-0.15, -0.1) is 5.10 Å². The van der Waals surface area contributed by atoms with Gasteiger partial charge in [0, 0.05) is 24.4 Å². The van der Waals surface area contributed by atoms with Crippen LogP contribution in [0.15, 0.2) is 30.6 Å². The Morgan fingerprint density at radius 1 is 1.21 bits per heavy atom. The molecule has 7 nitrogen and oxygen atoms in total. The molecule has 3 rings (SSSR count). The van der Waals surface area contributed by atoms with E-state index in [2.05, 4.69) is 10.3 Å². The van der Waals surface area contributed by atoms with Crippen molar-refractivity contribution in [3.63, 3.8) is 0 Å². The van der Waals surface area contributed by atoms with Gasteiger partial charge in [-0.1, -0.05) is 5.21 Å². The Hall–Kier alpha value is -2.57. The molecule has 24 heavy (non-hydrogen) atoms. The highest BCUT2D eigenvalue weighted by Gasteiger charge is 2.28. The number of methoxy groups -OCH3 is 2. The van der Waals surface area contributed by atoms with Crippen LogP contribution in [-0.4, -0.2) is 52.6 Å². The maximum atomic E-state index is 13.0. The summed E-state index contributed by atoms with van der Waals surface area (Å²) in [5.74, 6) is 1.22. The first-order chi connectivity index (χ1) is 11.7. The summed E-state index contributed by atoms with van der Waals surface area (Å²) in [5, 5.41) is 7.86. The Balaban J connectivity index is 1.83. The standard InChI is InChI=1S/C17H22N4O3/c1-23-15-9-13(10-16(11-15)24-2)17(22)21-7-4-3-5-14(21)12-20-8-6-18-19-20/h6,8-11,14H,3-5,7,12H2,1-2H3/t14-/m1/s1. The van der Waals surface area contributed by atoms with E-state index in [9.17, 15) is 4.79 Å². The van der Waals surface area contributed by atoms with Crippen molar-refractivity contribution in [1.82, 2.24) is 19.9 Å². The zero-order valence-corrected chi connectivity index (χ0v) is 14.0. The fourth-order valence-corrected chi connectivity index (χ4v) is 3.10. The van der Waals surface area contributed by atoms with Gasteiger partial charge in [-0.05, 0) is 31.4 Å². The topological polar surface area (TPSA) is 69.5 Å². The molecule has 1 aromatic heterocycles. The first kappa shape index (κ1) is 16.3. The third kappa shape index (κ3) is 3.50. The van der Waals surface area contributed by atoms with Crippen LogP contribution in [0.4, 0.5) is 0 Å². The predicted molar refractivity (Wildman–Crippen MR) is 88.2 cm³/mol. The number of carbonyl (C=O) groups is 1. The fraction of sp³-hybridized carbons (Fsp3) is 0.471. The van der Waals surface area contributed by atoms with E-state index in [0.29, 0.717) is 23.6 Å². The van der Waals surface area contributed by atoms with Crippen molar-refractivity contribution in [1.29, 1.82) is 0 Å². The first-order valence-electron chi connectivity index (χ1n) is 8.09. The van der Waals surface area contributed by atoms with Gasteiger partial charge in [-0.25, -0.2) is 0 Å². The first-order valence-corrected chi connectivity index (χ1v) is 8.09. The van der Waals surface area contributed by atoms with E-state index in [1.165, 1.54) is 0 Å². The van der Waals surface area contributed by atoms with E-state index in [1.54, 1.807) is 43.3 Å². The molecule has 0 N–H and O–H groups in total. The summed E-state index contributed by atoms with van der Waals surface area (Å²) in [6, 6.07) is 5.39. The lowest BCUT2D eigenvalue weighted by Gasteiger charge is -2.35. The van der Waals surface area contributed by atoms with Crippen molar-refractivity contribution in [3.05, 3.63) is 36.2 Å². The van der Waals surface area contributed by atoms with Crippen molar-refractivity contribution >= 4 is 5.91 Å². The van der Waals surface area contributed by atoms with Crippen LogP contribution in [0.25, 0.3) is 0 Å². The summed E-state index contributed by atoms with van der Waals surface area (Å²) in [4.78, 5) is 15.0. The summed E-state index contributed by atoms with van der Waals surface area (Å²) in [6.45, 7) is 1.41. The summed E-state index contributed by atoms with van der Waals surface area (Å²) in [6.07, 6.45) is 6.58. The molecule has 1 fully saturated rings. The van der Waals surface area contributed by atoms with Crippen molar-refractivity contribution in [2.24, 2.45) is 0 Å². The number of likely N-dealkylation sites (tertiary alicyclic amines) is 1. The van der Waals surface area contributed by atoms with E-state index < -0.39 is 0 Å². The van der Waals surface area contributed by atoms with Crippen molar-refractivity contribution in [3.8, 4) is 11.5 Å². The van der Waals surface area contributed by atoms with Gasteiger partial charge in [0.15, 0.2) is 0 Å². The van der Waals surface area contributed by atoms with Gasteiger partial charge in [-0.2, -0.15) is 0 Å². The largest absolute Gasteiger partial charge is 0.497 e. The van der Waals surface area contributed by atoms with E-state index in [-0.39, 0.29) is 11.9 Å². The molecule has 1 aromatic carbocycles. The average molecular weight is 330 g/mol. The number of nitrogens with zero attached hydrogens (tertiary/aromatic N) is 4. The normalized spacial score (nSPS) is 17.6. The molecule has 2 aromatic rings. The molecule has 7 heteroatoms. The highest BCUT2D eigenvalue weighted by atomic mass is 16.5. The summed E-state index contributed by atoms with van der Waals surface area (Å²) in [7, 11) is 3.16. The number of carbonyl (C=O) groups excluding carboxylic acids is 1. The van der Waals surface area contributed by atoms with E-state index >= 15 is 0 Å². The molecule has 1 amide bonds. The zero-order chi connectivity index (χ0) is 16.9. The van der Waals surface area contributed by atoms with Gasteiger partial charge >= 0.3 is 0 Å². The Kier molecular flexibility index (Phi) is 4.98. The number of rotatable bonds is 5. The average Bonchev–Trinajstić information content (AvgIpc) is 3.14. The van der Waals surface area contributed by atoms with Crippen LogP contribution in [0.5, 0.6) is 11.5 Å². The molecule has 128 valence electrons. The highest BCUT2D eigenvalue weighted by Crippen LogP contribution is 2.26. The maximum absolute atomic E-state index is 13.0. The van der Waals surface area contributed by atoms with Crippen LogP contribution >= 0.6 is 0 Å². The molecular formula is C17H22N4O3. The second-order valence-electron chi connectivity index (χ2n) is 5.87. The lowest BCUT2D eigenvalue weighted by atomic mass is 10.0. The number of piperidine rings is 1. The molecule has 0 aliphatic carbocycles. The quantitative estimate of drug-likeness (QED) is 0.838. The lowest BCUT2D eigenvalue weighted by Crippen LogP contribution is -2.46. The minimum absolute atomic E-state index is 0.00276. The van der Waals surface area contributed by atoms with Gasteiger partial charge in [0.25, 0.3) is 5.91 Å². The SMILES string of the molecule is COc1cc(OC)cc(C(=O)N2CCCC[C@@H]2Cn2ccnn2)c1. The number of aromatic nitrogens is 3. The summed E-state index contributed by atoms with van der Waals surface area (Å²) < 4.78 is 12.3. The van der Waals surface area contributed by atoms with Gasteiger partial charge in [0.2, 0.25) is 0 Å². The van der Waals surface area contributed by atoms with Gasteiger partial charge in [0.05, 0.1) is 33.0 Å². The number of ether oxygens (including phenoxy) is 2. The van der Waals surface area contributed by atoms with Gasteiger partial charge in [0.1, 0.15) is 11.5 Å². The molecule has 1 saturated heterocycles. The smallest absolute Gasteiger partial charge is 0.254 e. The Morgan fingerprint density at radius 2 is 1.96 bits per heavy atom. The molecule has 2 heterocycles. The number of hydrogen-bond donors (Lipinski definition) is 0. The monoisotopic (exact) mass is 330 g/mol. The number of benzene rings is 1. The molecule has 0 saturated carbocycles. The summed E-state index contributed by atoms with van der Waals surface area (Å²) in [5.41, 5.74) is 0.580. The van der Waals surface area contributed by atoms with Gasteiger partial charge < -0.3 is 14.4 Å². The predicted octanol–water partition coefficient (Wildman–Crippen LogP) is 1.99. The molecule has 0 unspecified atom stereocenters. The lowest BCUT2D eigenvalue weighted by molar-refractivity contribution is 0.0582. The second kappa shape index (κ2) is 7.33. The Morgan fingerprint density at radius 3 is 2.58 bits per heavy atom. The highest BCUT2D eigenvalue weighted by molar-refractivity contribution is 5.95. The Labute approximate surface area is 141 Å². The van der Waals surface area contributed by atoms with Crippen LogP contribution in [0.3, 0.4) is 0 Å². The minimum Gasteiger partial charge on any atom is -0.497 e. The molecular weight excluding hydrogens is 308 g/mol. The fourth-order valence-electron chi connectivity index (χ4n) is 3.10. The van der Waals surface area contributed by atoms with E-state index in [4.69, 9.17) is 9.47 Å². The molecule has 0 radical (unpaired) electrons. The van der Waals surface area contributed by atoms with Crippen LogP contribution < -0.4 is 9.47 Å². The summed E-state index contributed by atoms with van der Waals surface area (Å²) >= 11 is 0. The van der Waals surface area contributed by atoms with Crippen molar-refractivity contribution < 1.29 is 14.3 Å². The molecule has 1 aliphatic heterocycles. The third-order valence-corrected chi connectivity index (χ3v) is 4.36. The zero-order valence-electron chi connectivity index (χ0n) is 14.0. The minimum atomic E-state index is -0.00276. The van der Waals surface area contributed by atoms with Crippen LogP contribution in [0.1, 0.15) is 29.6 Å². The van der Waals surface area contributed by atoms with Crippen LogP contribution in [-0.2, 0) is 6.54 Å².